The molecule has 1 aromatic rings. The Bertz CT molecular complexity index is 633. The lowest BCUT2D eigenvalue weighted by atomic mass is 9.88. The maximum atomic E-state index is 12.6. The number of fused-ring (bicyclic) bond motifs is 1. The van der Waals surface area contributed by atoms with Crippen molar-refractivity contribution in [3.05, 3.63) is 35.9 Å². The molecule has 0 bridgehead atoms. The monoisotopic (exact) mass is 332 g/mol. The Balaban J connectivity index is 1.74. The van der Waals surface area contributed by atoms with Crippen LogP contribution in [0.5, 0.6) is 0 Å². The summed E-state index contributed by atoms with van der Waals surface area (Å²) in [6.07, 6.45) is -0.807. The minimum Gasteiger partial charge on any atom is -0.444 e. The van der Waals surface area contributed by atoms with E-state index in [2.05, 4.69) is 13.8 Å². The molecule has 2 fully saturated rings. The zero-order valence-electron chi connectivity index (χ0n) is 14.6. The van der Waals surface area contributed by atoms with Gasteiger partial charge in [-0.25, -0.2) is 4.79 Å². The average Bonchev–Trinajstić information content (AvgIpc) is 2.98. The van der Waals surface area contributed by atoms with E-state index >= 15 is 0 Å². The van der Waals surface area contributed by atoms with E-state index in [0.717, 1.165) is 5.56 Å². The number of benzene rings is 1. The highest BCUT2D eigenvalue weighted by molar-refractivity contribution is 5.94. The molecule has 0 saturated carbocycles. The highest BCUT2D eigenvalue weighted by Gasteiger charge is 2.67. The third-order valence-electron chi connectivity index (χ3n) is 5.08. The van der Waals surface area contributed by atoms with Crippen molar-refractivity contribution in [1.82, 2.24) is 9.80 Å². The number of methoxy groups -OCH3 is 1. The van der Waals surface area contributed by atoms with E-state index in [9.17, 15) is 9.59 Å². The van der Waals surface area contributed by atoms with Crippen LogP contribution in [0.15, 0.2) is 30.3 Å². The molecule has 2 aliphatic rings. The summed E-state index contributed by atoms with van der Waals surface area (Å²) in [6.45, 7) is 6.52. The minimum absolute atomic E-state index is 0.00463. The van der Waals surface area contributed by atoms with Crippen LogP contribution in [-0.2, 0) is 20.9 Å². The Morgan fingerprint density at radius 2 is 2.00 bits per heavy atom. The molecule has 2 amide bonds. The predicted octanol–water partition coefficient (Wildman–Crippen LogP) is 2.24. The van der Waals surface area contributed by atoms with Gasteiger partial charge in [-0.2, -0.15) is 0 Å². The quantitative estimate of drug-likeness (QED) is 0.794. The highest BCUT2D eigenvalue weighted by Crippen LogP contribution is 2.44. The second-order valence-electron chi connectivity index (χ2n) is 6.90. The number of carbonyl (C=O) groups excluding carboxylic acids is 2. The first kappa shape index (κ1) is 16.8. The van der Waals surface area contributed by atoms with Gasteiger partial charge in [0.15, 0.2) is 5.60 Å². The third-order valence-corrected chi connectivity index (χ3v) is 5.08. The summed E-state index contributed by atoms with van der Waals surface area (Å²) < 4.78 is 10.9. The van der Waals surface area contributed by atoms with Gasteiger partial charge in [-0.3, -0.25) is 9.69 Å². The summed E-state index contributed by atoms with van der Waals surface area (Å²) >= 11 is 0. The first-order valence-electron chi connectivity index (χ1n) is 8.25. The fourth-order valence-electron chi connectivity index (χ4n) is 3.55. The Morgan fingerprint density at radius 1 is 1.33 bits per heavy atom. The zero-order valence-corrected chi connectivity index (χ0v) is 14.6. The van der Waals surface area contributed by atoms with Gasteiger partial charge in [-0.15, -0.1) is 0 Å². The van der Waals surface area contributed by atoms with Gasteiger partial charge in [0.25, 0.3) is 5.91 Å². The van der Waals surface area contributed by atoms with E-state index < -0.39 is 17.9 Å². The number of hydrogen-bond acceptors (Lipinski definition) is 4. The molecular weight excluding hydrogens is 308 g/mol. The van der Waals surface area contributed by atoms with E-state index in [-0.39, 0.29) is 24.5 Å². The van der Waals surface area contributed by atoms with E-state index in [0.29, 0.717) is 6.54 Å². The molecular formula is C18H24N2O4. The van der Waals surface area contributed by atoms with Crippen molar-refractivity contribution in [2.75, 3.05) is 13.7 Å². The van der Waals surface area contributed by atoms with E-state index in [1.807, 2.05) is 30.3 Å². The van der Waals surface area contributed by atoms with Gasteiger partial charge in [0.2, 0.25) is 0 Å². The SMILES string of the molecule is CO[C@@]1(C)C(=O)N2[C@@H](C(C)C)CN(C(=O)OCc3ccccc3)[C@H]21. The number of amides is 2. The number of ether oxygens (including phenoxy) is 2. The van der Waals surface area contributed by atoms with Crippen LogP contribution in [-0.4, -0.2) is 53.3 Å². The van der Waals surface area contributed by atoms with Crippen LogP contribution in [0.3, 0.4) is 0 Å². The Labute approximate surface area is 142 Å². The fourth-order valence-corrected chi connectivity index (χ4v) is 3.55. The molecule has 0 spiro atoms. The molecule has 2 aliphatic heterocycles. The molecule has 6 heteroatoms. The Hall–Kier alpha value is -2.08. The van der Waals surface area contributed by atoms with Crippen molar-refractivity contribution in [1.29, 1.82) is 0 Å². The molecule has 0 unspecified atom stereocenters. The molecule has 24 heavy (non-hydrogen) atoms. The van der Waals surface area contributed by atoms with Crippen molar-refractivity contribution >= 4 is 12.0 Å². The molecule has 0 N–H and O–H groups in total. The lowest BCUT2D eigenvalue weighted by molar-refractivity contribution is -0.204. The summed E-state index contributed by atoms with van der Waals surface area (Å²) in [5.74, 6) is 0.192. The summed E-state index contributed by atoms with van der Waals surface area (Å²) in [5.41, 5.74) is -0.0587. The van der Waals surface area contributed by atoms with E-state index in [4.69, 9.17) is 9.47 Å². The first-order chi connectivity index (χ1) is 11.4. The maximum absolute atomic E-state index is 12.6. The summed E-state index contributed by atoms with van der Waals surface area (Å²) in [7, 11) is 1.51. The summed E-state index contributed by atoms with van der Waals surface area (Å²) in [6, 6.07) is 9.54. The normalized spacial score (nSPS) is 28.8. The molecule has 2 heterocycles. The minimum atomic E-state index is -0.991. The van der Waals surface area contributed by atoms with Gasteiger partial charge in [0.05, 0.1) is 6.04 Å². The molecule has 3 atom stereocenters. The van der Waals surface area contributed by atoms with Crippen molar-refractivity contribution < 1.29 is 19.1 Å². The van der Waals surface area contributed by atoms with Gasteiger partial charge < -0.3 is 14.4 Å². The molecule has 2 saturated heterocycles. The van der Waals surface area contributed by atoms with E-state index in [1.165, 1.54) is 7.11 Å². The van der Waals surface area contributed by atoms with Crippen LogP contribution >= 0.6 is 0 Å². The number of carbonyl (C=O) groups is 2. The standard InChI is InChI=1S/C18H24N2O4/c1-12(2)14-10-19(15-18(3,23-4)16(21)20(14)15)17(22)24-11-13-8-6-5-7-9-13/h5-9,12,14-15H,10-11H2,1-4H3/t14-,15-,18-/m1/s1. The number of hydrogen-bond donors (Lipinski definition) is 0. The first-order valence-corrected chi connectivity index (χ1v) is 8.25. The number of rotatable bonds is 4. The lowest BCUT2D eigenvalue weighted by Crippen LogP contribution is -2.76. The van der Waals surface area contributed by atoms with Gasteiger partial charge in [-0.05, 0) is 18.4 Å². The molecule has 6 nitrogen and oxygen atoms in total. The predicted molar refractivity (Wildman–Crippen MR) is 88.0 cm³/mol. The van der Waals surface area contributed by atoms with Crippen LogP contribution in [0.1, 0.15) is 26.3 Å². The van der Waals surface area contributed by atoms with Crippen LogP contribution < -0.4 is 0 Å². The van der Waals surface area contributed by atoms with Crippen LogP contribution in [0.4, 0.5) is 4.79 Å². The third kappa shape index (κ3) is 2.45. The topological polar surface area (TPSA) is 59.1 Å². The van der Waals surface area contributed by atoms with E-state index in [1.54, 1.807) is 16.7 Å². The van der Waals surface area contributed by atoms with Gasteiger partial charge in [0, 0.05) is 13.7 Å². The van der Waals surface area contributed by atoms with Crippen LogP contribution in [0.25, 0.3) is 0 Å². The van der Waals surface area contributed by atoms with Crippen molar-refractivity contribution in [2.24, 2.45) is 5.92 Å². The molecule has 0 radical (unpaired) electrons. The zero-order chi connectivity index (χ0) is 17.5. The van der Waals surface area contributed by atoms with Gasteiger partial charge in [-0.1, -0.05) is 44.2 Å². The molecule has 0 aromatic heterocycles. The highest BCUT2D eigenvalue weighted by atomic mass is 16.6. The van der Waals surface area contributed by atoms with Gasteiger partial charge in [0.1, 0.15) is 12.8 Å². The second kappa shape index (κ2) is 6.09. The lowest BCUT2D eigenvalue weighted by Gasteiger charge is -2.52. The fraction of sp³-hybridized carbons (Fsp3) is 0.556. The molecule has 3 rings (SSSR count). The molecule has 0 aliphatic carbocycles. The maximum Gasteiger partial charge on any atom is 0.411 e. The summed E-state index contributed by atoms with van der Waals surface area (Å²) in [4.78, 5) is 28.5. The van der Waals surface area contributed by atoms with Crippen LogP contribution in [0.2, 0.25) is 0 Å². The van der Waals surface area contributed by atoms with Crippen molar-refractivity contribution in [3.8, 4) is 0 Å². The average molecular weight is 332 g/mol. The number of nitrogens with zero attached hydrogens (tertiary/aromatic N) is 2. The molecule has 1 aromatic carbocycles. The van der Waals surface area contributed by atoms with Gasteiger partial charge >= 0.3 is 6.09 Å². The Kier molecular flexibility index (Phi) is 4.25. The van der Waals surface area contributed by atoms with Crippen molar-refractivity contribution in [2.45, 2.75) is 45.2 Å². The Morgan fingerprint density at radius 3 is 2.58 bits per heavy atom. The molecule has 130 valence electrons. The van der Waals surface area contributed by atoms with Crippen LogP contribution in [0, 0.1) is 5.92 Å². The summed E-state index contributed by atoms with van der Waals surface area (Å²) in [5, 5.41) is 0. The second-order valence-corrected chi connectivity index (χ2v) is 6.90. The van der Waals surface area contributed by atoms with Crippen molar-refractivity contribution in [3.63, 3.8) is 0 Å². The number of β-lactam (4-membered cyclic amide) rings is 1. The smallest absolute Gasteiger partial charge is 0.411 e. The largest absolute Gasteiger partial charge is 0.444 e.